The topological polar surface area (TPSA) is 37.3 Å². The number of rotatable bonds is 1. The fraction of sp³-hybridized carbons (Fsp3) is 0.850. The van der Waals surface area contributed by atoms with Crippen molar-refractivity contribution >= 4 is 5.78 Å². The summed E-state index contributed by atoms with van der Waals surface area (Å²) in [6, 6.07) is 0. The number of carbonyl (C=O) groups excluding carboxylic acids is 1. The highest BCUT2D eigenvalue weighted by Gasteiger charge is 2.60. The summed E-state index contributed by atoms with van der Waals surface area (Å²) < 4.78 is 0. The smallest absolute Gasteiger partial charge is 0.156 e. The van der Waals surface area contributed by atoms with Crippen LogP contribution < -0.4 is 0 Å². The van der Waals surface area contributed by atoms with E-state index in [1.165, 1.54) is 37.7 Å². The second-order valence-electron chi connectivity index (χ2n) is 9.11. The first kappa shape index (κ1) is 14.9. The Morgan fingerprint density at radius 3 is 2.68 bits per heavy atom. The minimum Gasteiger partial charge on any atom is -0.393 e. The fourth-order valence-corrected chi connectivity index (χ4v) is 7.25. The Kier molecular flexibility index (Phi) is 3.18. The van der Waals surface area contributed by atoms with Gasteiger partial charge in [-0.2, -0.15) is 0 Å². The maximum absolute atomic E-state index is 12.0. The van der Waals surface area contributed by atoms with Crippen molar-refractivity contribution in [2.45, 2.75) is 71.8 Å². The van der Waals surface area contributed by atoms with Crippen LogP contribution in [-0.4, -0.2) is 17.0 Å². The third kappa shape index (κ3) is 1.79. The Bertz CT molecular complexity index is 534. The molecule has 22 heavy (non-hydrogen) atoms. The maximum atomic E-state index is 12.0. The number of carbonyl (C=O) groups is 1. The molecule has 0 heterocycles. The predicted octanol–water partition coefficient (Wildman–Crippen LogP) is 4.13. The Balaban J connectivity index is 1.66. The molecule has 0 aromatic carbocycles. The third-order valence-corrected chi connectivity index (χ3v) is 8.27. The van der Waals surface area contributed by atoms with E-state index in [0.717, 1.165) is 24.7 Å². The lowest BCUT2D eigenvalue weighted by Gasteiger charge is -2.56. The van der Waals surface area contributed by atoms with Gasteiger partial charge in [0.1, 0.15) is 0 Å². The molecule has 4 aliphatic carbocycles. The first-order chi connectivity index (χ1) is 10.4. The van der Waals surface area contributed by atoms with Crippen LogP contribution in [-0.2, 0) is 4.79 Å². The molecule has 0 aliphatic heterocycles. The van der Waals surface area contributed by atoms with Gasteiger partial charge in [-0.15, -0.1) is 0 Å². The number of aliphatic hydroxyl groups is 1. The SMILES string of the molecule is C[C@H](O)[C@@H]1CC[C@H]2[C@H]3CCC4=CC(=O)C[C@@]4(C)[C@@H]3CC[C@@]21C. The molecular formula is C20H30O2. The monoisotopic (exact) mass is 302 g/mol. The molecule has 0 spiro atoms. The highest BCUT2D eigenvalue weighted by Crippen LogP contribution is 2.67. The fourth-order valence-electron chi connectivity index (χ4n) is 7.25. The molecule has 2 heteroatoms. The van der Waals surface area contributed by atoms with Crippen LogP contribution in [0.2, 0.25) is 0 Å². The summed E-state index contributed by atoms with van der Waals surface area (Å²) in [5.41, 5.74) is 1.94. The number of ketones is 1. The van der Waals surface area contributed by atoms with Gasteiger partial charge in [-0.05, 0) is 86.0 Å². The van der Waals surface area contributed by atoms with Gasteiger partial charge in [0.05, 0.1) is 6.10 Å². The van der Waals surface area contributed by atoms with E-state index in [1.807, 2.05) is 13.0 Å². The van der Waals surface area contributed by atoms with Crippen molar-refractivity contribution in [2.75, 3.05) is 0 Å². The highest BCUT2D eigenvalue weighted by molar-refractivity contribution is 5.94. The van der Waals surface area contributed by atoms with E-state index in [1.54, 1.807) is 0 Å². The Morgan fingerprint density at radius 1 is 1.18 bits per heavy atom. The van der Waals surface area contributed by atoms with E-state index in [-0.39, 0.29) is 11.5 Å². The van der Waals surface area contributed by atoms with Crippen molar-refractivity contribution in [1.82, 2.24) is 0 Å². The van der Waals surface area contributed by atoms with E-state index in [0.29, 0.717) is 23.0 Å². The Morgan fingerprint density at radius 2 is 1.95 bits per heavy atom. The molecule has 0 unspecified atom stereocenters. The van der Waals surface area contributed by atoms with Crippen LogP contribution in [0.4, 0.5) is 0 Å². The molecule has 3 saturated carbocycles. The molecule has 0 aromatic rings. The molecular weight excluding hydrogens is 272 g/mol. The first-order valence-corrected chi connectivity index (χ1v) is 9.28. The molecule has 0 radical (unpaired) electrons. The number of fused-ring (bicyclic) bond motifs is 5. The largest absolute Gasteiger partial charge is 0.393 e. The van der Waals surface area contributed by atoms with Crippen molar-refractivity contribution < 1.29 is 9.90 Å². The molecule has 0 aromatic heterocycles. The van der Waals surface area contributed by atoms with Crippen LogP contribution in [0, 0.1) is 34.5 Å². The van der Waals surface area contributed by atoms with Crippen molar-refractivity contribution in [2.24, 2.45) is 34.5 Å². The quantitative estimate of drug-likeness (QED) is 0.791. The standard InChI is InChI=1S/C20H30O2/c1-12(21)16-6-7-17-15-5-4-13-10-14(22)11-20(13,3)18(15)8-9-19(16,17)2/h10,12,15-18,21H,4-9,11H2,1-3H3/t12-,15+,16-,17-,18+,19+,20+/m0/s1. The minimum atomic E-state index is -0.172. The summed E-state index contributed by atoms with van der Waals surface area (Å²) in [6.45, 7) is 6.80. The van der Waals surface area contributed by atoms with Gasteiger partial charge in [0, 0.05) is 6.42 Å². The number of hydrogen-bond acceptors (Lipinski definition) is 2. The molecule has 0 bridgehead atoms. The minimum absolute atomic E-state index is 0.157. The van der Waals surface area contributed by atoms with Crippen molar-refractivity contribution in [3.05, 3.63) is 11.6 Å². The van der Waals surface area contributed by atoms with Gasteiger partial charge in [0.25, 0.3) is 0 Å². The van der Waals surface area contributed by atoms with Gasteiger partial charge in [-0.25, -0.2) is 0 Å². The van der Waals surface area contributed by atoms with Crippen molar-refractivity contribution in [3.63, 3.8) is 0 Å². The van der Waals surface area contributed by atoms with Gasteiger partial charge >= 0.3 is 0 Å². The Labute approximate surface area is 134 Å². The summed E-state index contributed by atoms with van der Waals surface area (Å²) >= 11 is 0. The lowest BCUT2D eigenvalue weighted by atomic mass is 9.48. The second-order valence-corrected chi connectivity index (χ2v) is 9.11. The third-order valence-electron chi connectivity index (χ3n) is 8.27. The summed E-state index contributed by atoms with van der Waals surface area (Å²) in [5.74, 6) is 3.08. The summed E-state index contributed by atoms with van der Waals surface area (Å²) in [5, 5.41) is 10.2. The lowest BCUT2D eigenvalue weighted by Crippen LogP contribution is -2.50. The van der Waals surface area contributed by atoms with Crippen LogP contribution in [0.3, 0.4) is 0 Å². The Hall–Kier alpha value is -0.630. The number of hydrogen-bond donors (Lipinski definition) is 1. The van der Waals surface area contributed by atoms with Crippen LogP contribution in [0.1, 0.15) is 65.7 Å². The molecule has 2 nitrogen and oxygen atoms in total. The van der Waals surface area contributed by atoms with E-state index >= 15 is 0 Å². The van der Waals surface area contributed by atoms with Gasteiger partial charge in [0.15, 0.2) is 5.78 Å². The molecule has 4 aliphatic rings. The van der Waals surface area contributed by atoms with Gasteiger partial charge in [-0.3, -0.25) is 4.79 Å². The highest BCUT2D eigenvalue weighted by atomic mass is 16.3. The lowest BCUT2D eigenvalue weighted by molar-refractivity contribution is -0.117. The summed E-state index contributed by atoms with van der Waals surface area (Å²) in [4.78, 5) is 12.0. The second kappa shape index (κ2) is 4.69. The average molecular weight is 302 g/mol. The predicted molar refractivity (Wildman–Crippen MR) is 87.3 cm³/mol. The number of allylic oxidation sites excluding steroid dienone is 2. The zero-order valence-electron chi connectivity index (χ0n) is 14.3. The molecule has 122 valence electrons. The zero-order chi connectivity index (χ0) is 15.7. The zero-order valence-corrected chi connectivity index (χ0v) is 14.3. The van der Waals surface area contributed by atoms with Crippen LogP contribution in [0.25, 0.3) is 0 Å². The first-order valence-electron chi connectivity index (χ1n) is 9.28. The normalized spacial score (nSPS) is 51.8. The number of aliphatic hydroxyl groups excluding tert-OH is 1. The summed E-state index contributed by atoms with van der Waals surface area (Å²) in [7, 11) is 0. The molecule has 1 N–H and O–H groups in total. The molecule has 3 fully saturated rings. The van der Waals surface area contributed by atoms with Gasteiger partial charge < -0.3 is 5.11 Å². The van der Waals surface area contributed by atoms with E-state index in [9.17, 15) is 9.90 Å². The molecule has 0 amide bonds. The van der Waals surface area contributed by atoms with Gasteiger partial charge in [-0.1, -0.05) is 19.4 Å². The van der Waals surface area contributed by atoms with E-state index in [4.69, 9.17) is 0 Å². The van der Waals surface area contributed by atoms with E-state index < -0.39 is 0 Å². The molecule has 0 saturated heterocycles. The van der Waals surface area contributed by atoms with Crippen LogP contribution in [0.15, 0.2) is 11.6 Å². The van der Waals surface area contributed by atoms with Crippen LogP contribution in [0.5, 0.6) is 0 Å². The van der Waals surface area contributed by atoms with Crippen molar-refractivity contribution in [3.8, 4) is 0 Å². The van der Waals surface area contributed by atoms with E-state index in [2.05, 4.69) is 13.8 Å². The maximum Gasteiger partial charge on any atom is 0.156 e. The summed E-state index contributed by atoms with van der Waals surface area (Å²) in [6.07, 6.45) is 9.93. The average Bonchev–Trinajstić information content (AvgIpc) is 2.93. The van der Waals surface area contributed by atoms with Gasteiger partial charge in [0.2, 0.25) is 0 Å². The van der Waals surface area contributed by atoms with Crippen LogP contribution >= 0.6 is 0 Å². The molecule has 4 rings (SSSR count). The van der Waals surface area contributed by atoms with Crippen molar-refractivity contribution in [1.29, 1.82) is 0 Å². The molecule has 7 atom stereocenters.